The summed E-state index contributed by atoms with van der Waals surface area (Å²) in [5.74, 6) is -0.623. The standard InChI is InChI=1S/C26H25N3O4/c1-32-23-14-19(12-13-22(23)33-17-18-8-4-2-5-9-18)15-28-29-26(31)24-21(16-27-25(24)30)20-10-6-3-7-11-20/h2-15,21,24H,16-17H2,1H3,(H,27,30)(H,29,31). The van der Waals surface area contributed by atoms with Crippen molar-refractivity contribution in [2.45, 2.75) is 12.5 Å². The van der Waals surface area contributed by atoms with E-state index in [-0.39, 0.29) is 11.8 Å². The van der Waals surface area contributed by atoms with Crippen molar-refractivity contribution < 1.29 is 19.1 Å². The van der Waals surface area contributed by atoms with E-state index in [2.05, 4.69) is 15.8 Å². The molecule has 2 amide bonds. The number of methoxy groups -OCH3 is 1. The Bertz CT molecular complexity index is 1130. The van der Waals surface area contributed by atoms with Gasteiger partial charge in [0.15, 0.2) is 11.5 Å². The zero-order valence-corrected chi connectivity index (χ0v) is 18.2. The first-order valence-corrected chi connectivity index (χ1v) is 10.7. The molecule has 7 nitrogen and oxygen atoms in total. The molecule has 0 radical (unpaired) electrons. The van der Waals surface area contributed by atoms with Crippen LogP contribution in [-0.2, 0) is 16.2 Å². The van der Waals surface area contributed by atoms with Crippen molar-refractivity contribution in [3.05, 3.63) is 95.6 Å². The summed E-state index contributed by atoms with van der Waals surface area (Å²) >= 11 is 0. The Balaban J connectivity index is 1.39. The van der Waals surface area contributed by atoms with Gasteiger partial charge in [-0.05, 0) is 34.9 Å². The van der Waals surface area contributed by atoms with Crippen molar-refractivity contribution in [2.75, 3.05) is 13.7 Å². The third-order valence-electron chi connectivity index (χ3n) is 5.50. The first kappa shape index (κ1) is 22.1. The SMILES string of the molecule is COc1cc(C=NNC(=O)C2C(=O)NCC2c2ccccc2)ccc1OCc1ccccc1. The van der Waals surface area contributed by atoms with Crippen LogP contribution in [0, 0.1) is 5.92 Å². The lowest BCUT2D eigenvalue weighted by molar-refractivity contribution is -0.133. The zero-order valence-electron chi connectivity index (χ0n) is 18.2. The molecule has 1 aliphatic heterocycles. The summed E-state index contributed by atoms with van der Waals surface area (Å²) in [6.07, 6.45) is 1.51. The molecule has 1 saturated heterocycles. The van der Waals surface area contributed by atoms with Crippen LogP contribution in [0.5, 0.6) is 11.5 Å². The van der Waals surface area contributed by atoms with E-state index in [9.17, 15) is 9.59 Å². The molecule has 168 valence electrons. The number of hydrogen-bond donors (Lipinski definition) is 2. The van der Waals surface area contributed by atoms with E-state index in [1.807, 2.05) is 66.7 Å². The molecule has 2 N–H and O–H groups in total. The summed E-state index contributed by atoms with van der Waals surface area (Å²) in [5, 5.41) is 6.82. The average molecular weight is 444 g/mol. The van der Waals surface area contributed by atoms with Gasteiger partial charge in [0.1, 0.15) is 12.5 Å². The first-order valence-electron chi connectivity index (χ1n) is 10.7. The highest BCUT2D eigenvalue weighted by atomic mass is 16.5. The third-order valence-corrected chi connectivity index (χ3v) is 5.50. The molecule has 2 unspecified atom stereocenters. The van der Waals surface area contributed by atoms with Gasteiger partial charge in [0.05, 0.1) is 13.3 Å². The van der Waals surface area contributed by atoms with Gasteiger partial charge in [-0.1, -0.05) is 60.7 Å². The Morgan fingerprint density at radius 3 is 2.52 bits per heavy atom. The van der Waals surface area contributed by atoms with Gasteiger partial charge < -0.3 is 14.8 Å². The molecule has 0 aromatic heterocycles. The zero-order chi connectivity index (χ0) is 23.0. The molecule has 3 aromatic rings. The Morgan fingerprint density at radius 2 is 1.79 bits per heavy atom. The van der Waals surface area contributed by atoms with E-state index in [4.69, 9.17) is 9.47 Å². The van der Waals surface area contributed by atoms with Gasteiger partial charge in [0, 0.05) is 12.5 Å². The van der Waals surface area contributed by atoms with Crippen LogP contribution in [0.1, 0.15) is 22.6 Å². The largest absolute Gasteiger partial charge is 0.493 e. The minimum Gasteiger partial charge on any atom is -0.493 e. The molecule has 4 rings (SSSR count). The summed E-state index contributed by atoms with van der Waals surface area (Å²) in [6, 6.07) is 24.8. The van der Waals surface area contributed by atoms with Gasteiger partial charge in [-0.2, -0.15) is 5.10 Å². The minimum absolute atomic E-state index is 0.227. The van der Waals surface area contributed by atoms with Crippen LogP contribution in [0.15, 0.2) is 84.0 Å². The second-order valence-electron chi connectivity index (χ2n) is 7.66. The molecule has 2 atom stereocenters. The van der Waals surface area contributed by atoms with Crippen molar-refractivity contribution in [3.8, 4) is 11.5 Å². The molecule has 7 heteroatoms. The van der Waals surface area contributed by atoms with Crippen molar-refractivity contribution >= 4 is 18.0 Å². The lowest BCUT2D eigenvalue weighted by atomic mass is 9.88. The topological polar surface area (TPSA) is 89.0 Å². The Kier molecular flexibility index (Phi) is 6.99. The van der Waals surface area contributed by atoms with Crippen LogP contribution >= 0.6 is 0 Å². The number of nitrogens with zero attached hydrogens (tertiary/aromatic N) is 1. The molecule has 0 bridgehead atoms. The van der Waals surface area contributed by atoms with Gasteiger partial charge in [0.25, 0.3) is 5.91 Å². The monoisotopic (exact) mass is 443 g/mol. The molecular weight excluding hydrogens is 418 g/mol. The highest BCUT2D eigenvalue weighted by Crippen LogP contribution is 2.30. The number of hydrogen-bond acceptors (Lipinski definition) is 5. The lowest BCUT2D eigenvalue weighted by Gasteiger charge is -2.15. The maximum absolute atomic E-state index is 12.7. The lowest BCUT2D eigenvalue weighted by Crippen LogP contribution is -2.34. The van der Waals surface area contributed by atoms with Gasteiger partial charge in [-0.15, -0.1) is 0 Å². The van der Waals surface area contributed by atoms with E-state index in [0.717, 1.165) is 16.7 Å². The number of ether oxygens (including phenoxy) is 2. The number of carbonyl (C=O) groups excluding carboxylic acids is 2. The van der Waals surface area contributed by atoms with Gasteiger partial charge >= 0.3 is 0 Å². The normalized spacial score (nSPS) is 17.5. The van der Waals surface area contributed by atoms with Crippen LogP contribution in [0.3, 0.4) is 0 Å². The minimum atomic E-state index is -0.826. The fourth-order valence-corrected chi connectivity index (χ4v) is 3.79. The predicted octanol–water partition coefficient (Wildman–Crippen LogP) is 3.25. The van der Waals surface area contributed by atoms with Crippen LogP contribution in [0.2, 0.25) is 0 Å². The molecule has 33 heavy (non-hydrogen) atoms. The fraction of sp³-hybridized carbons (Fsp3) is 0.192. The van der Waals surface area contributed by atoms with Crippen LogP contribution < -0.4 is 20.2 Å². The predicted molar refractivity (Wildman–Crippen MR) is 125 cm³/mol. The number of benzene rings is 3. The summed E-state index contributed by atoms with van der Waals surface area (Å²) < 4.78 is 11.3. The van der Waals surface area contributed by atoms with Gasteiger partial charge in [0.2, 0.25) is 5.91 Å². The van der Waals surface area contributed by atoms with Gasteiger partial charge in [-0.25, -0.2) is 5.43 Å². The summed E-state index contributed by atoms with van der Waals surface area (Å²) in [6.45, 7) is 0.846. The highest BCUT2D eigenvalue weighted by Gasteiger charge is 2.40. The summed E-state index contributed by atoms with van der Waals surface area (Å²) in [7, 11) is 1.57. The average Bonchev–Trinajstić information content (AvgIpc) is 3.25. The van der Waals surface area contributed by atoms with Gasteiger partial charge in [-0.3, -0.25) is 9.59 Å². The maximum atomic E-state index is 12.7. The van der Waals surface area contributed by atoms with E-state index >= 15 is 0 Å². The molecule has 1 heterocycles. The Labute approximate surface area is 192 Å². The Hall–Kier alpha value is -4.13. The second kappa shape index (κ2) is 10.5. The number of amides is 2. The molecule has 0 saturated carbocycles. The van der Waals surface area contributed by atoms with E-state index in [1.54, 1.807) is 19.2 Å². The van der Waals surface area contributed by atoms with Crippen LogP contribution in [0.25, 0.3) is 0 Å². The second-order valence-corrected chi connectivity index (χ2v) is 7.66. The van der Waals surface area contributed by atoms with Crippen molar-refractivity contribution in [3.63, 3.8) is 0 Å². The van der Waals surface area contributed by atoms with Crippen molar-refractivity contribution in [1.29, 1.82) is 0 Å². The van der Waals surface area contributed by atoms with E-state index < -0.39 is 11.8 Å². The molecule has 0 spiro atoms. The quantitative estimate of drug-likeness (QED) is 0.318. The van der Waals surface area contributed by atoms with Crippen molar-refractivity contribution in [2.24, 2.45) is 11.0 Å². The molecule has 1 aliphatic rings. The third kappa shape index (κ3) is 5.38. The highest BCUT2D eigenvalue weighted by molar-refractivity contribution is 6.03. The first-order chi connectivity index (χ1) is 16.2. The Morgan fingerprint density at radius 1 is 1.06 bits per heavy atom. The summed E-state index contributed by atoms with van der Waals surface area (Å²) in [5.41, 5.74) is 5.21. The van der Waals surface area contributed by atoms with E-state index in [0.29, 0.717) is 24.7 Å². The fourth-order valence-electron chi connectivity index (χ4n) is 3.79. The number of rotatable bonds is 8. The number of nitrogens with one attached hydrogen (secondary N) is 2. The van der Waals surface area contributed by atoms with E-state index in [1.165, 1.54) is 6.21 Å². The van der Waals surface area contributed by atoms with Crippen LogP contribution in [0.4, 0.5) is 0 Å². The maximum Gasteiger partial charge on any atom is 0.253 e. The smallest absolute Gasteiger partial charge is 0.253 e. The molecule has 0 aliphatic carbocycles. The summed E-state index contributed by atoms with van der Waals surface area (Å²) in [4.78, 5) is 25.0. The number of carbonyl (C=O) groups is 2. The molecule has 1 fully saturated rings. The number of hydrazone groups is 1. The van der Waals surface area contributed by atoms with Crippen molar-refractivity contribution in [1.82, 2.24) is 10.7 Å². The van der Waals surface area contributed by atoms with Crippen LogP contribution in [-0.4, -0.2) is 31.7 Å². The molecule has 3 aromatic carbocycles. The molecular formula is C26H25N3O4.